The van der Waals surface area contributed by atoms with E-state index in [9.17, 15) is 0 Å². The average Bonchev–Trinajstić information content (AvgIpc) is 2.18. The molecule has 0 N–H and O–H groups in total. The van der Waals surface area contributed by atoms with Crippen LogP contribution in [0.3, 0.4) is 0 Å². The zero-order valence-electron chi connectivity index (χ0n) is 8.20. The van der Waals surface area contributed by atoms with Crippen LogP contribution in [0.2, 0.25) is 5.28 Å². The van der Waals surface area contributed by atoms with Crippen molar-refractivity contribution in [3.05, 3.63) is 11.1 Å². The van der Waals surface area contributed by atoms with Crippen LogP contribution >= 0.6 is 11.6 Å². The first-order valence-corrected chi connectivity index (χ1v) is 5.26. The third-order valence-electron chi connectivity index (χ3n) is 2.35. The van der Waals surface area contributed by atoms with Crippen molar-refractivity contribution in [1.29, 1.82) is 0 Å². The highest BCUT2D eigenvalue weighted by Crippen LogP contribution is 2.16. The molecule has 0 bridgehead atoms. The lowest BCUT2D eigenvalue weighted by Crippen LogP contribution is -2.31. The van der Waals surface area contributed by atoms with Crippen molar-refractivity contribution in [2.45, 2.75) is 26.2 Å². The quantitative estimate of drug-likeness (QED) is 0.712. The van der Waals surface area contributed by atoms with Crippen LogP contribution in [0.1, 0.15) is 25.1 Å². The average molecular weight is 213 g/mol. The maximum absolute atomic E-state index is 5.78. The molecule has 4 nitrogen and oxygen atoms in total. The number of nitrogens with zero attached hydrogens (tertiary/aromatic N) is 4. The molecule has 0 aliphatic carbocycles. The maximum Gasteiger partial charge on any atom is 0.229 e. The van der Waals surface area contributed by atoms with Gasteiger partial charge in [-0.25, -0.2) is 4.98 Å². The Balaban J connectivity index is 2.21. The van der Waals surface area contributed by atoms with Crippen molar-refractivity contribution in [3.8, 4) is 0 Å². The van der Waals surface area contributed by atoms with Gasteiger partial charge in [0, 0.05) is 13.1 Å². The highest BCUT2D eigenvalue weighted by Gasteiger charge is 2.14. The topological polar surface area (TPSA) is 41.9 Å². The van der Waals surface area contributed by atoms with Crippen molar-refractivity contribution < 1.29 is 0 Å². The fourth-order valence-corrected chi connectivity index (χ4v) is 1.87. The maximum atomic E-state index is 5.78. The minimum absolute atomic E-state index is 0.290. The Morgan fingerprint density at radius 2 is 1.79 bits per heavy atom. The normalized spacial score (nSPS) is 17.1. The molecule has 1 aromatic rings. The third kappa shape index (κ3) is 2.12. The van der Waals surface area contributed by atoms with E-state index >= 15 is 0 Å². The van der Waals surface area contributed by atoms with E-state index in [1.807, 2.05) is 6.92 Å². The summed E-state index contributed by atoms with van der Waals surface area (Å²) in [6.45, 7) is 3.89. The lowest BCUT2D eigenvalue weighted by Gasteiger charge is -2.26. The van der Waals surface area contributed by atoms with Crippen molar-refractivity contribution in [3.63, 3.8) is 0 Å². The molecule has 1 fully saturated rings. The summed E-state index contributed by atoms with van der Waals surface area (Å²) in [6.07, 6.45) is 3.72. The van der Waals surface area contributed by atoms with Crippen LogP contribution in [0, 0.1) is 6.92 Å². The summed E-state index contributed by atoms with van der Waals surface area (Å²) < 4.78 is 0. The Morgan fingerprint density at radius 3 is 2.43 bits per heavy atom. The molecule has 1 aromatic heterocycles. The Labute approximate surface area is 88.3 Å². The number of hydrogen-bond donors (Lipinski definition) is 0. The number of halogens is 1. The molecule has 0 saturated carbocycles. The molecule has 1 aliphatic rings. The van der Waals surface area contributed by atoms with Crippen LogP contribution in [0.5, 0.6) is 0 Å². The minimum Gasteiger partial charge on any atom is -0.341 e. The first-order valence-electron chi connectivity index (χ1n) is 4.89. The van der Waals surface area contributed by atoms with Gasteiger partial charge in [0.15, 0.2) is 0 Å². The van der Waals surface area contributed by atoms with Gasteiger partial charge in [-0.1, -0.05) is 0 Å². The van der Waals surface area contributed by atoms with E-state index in [1.54, 1.807) is 0 Å². The molecule has 0 spiro atoms. The van der Waals surface area contributed by atoms with Crippen LogP contribution < -0.4 is 4.90 Å². The van der Waals surface area contributed by atoms with Gasteiger partial charge in [0.1, 0.15) is 5.82 Å². The van der Waals surface area contributed by atoms with E-state index in [4.69, 9.17) is 11.6 Å². The van der Waals surface area contributed by atoms with Crippen molar-refractivity contribution in [1.82, 2.24) is 15.0 Å². The number of piperidine rings is 1. The smallest absolute Gasteiger partial charge is 0.229 e. The summed E-state index contributed by atoms with van der Waals surface area (Å²) in [5.41, 5.74) is 0. The van der Waals surface area contributed by atoms with Gasteiger partial charge in [-0.3, -0.25) is 0 Å². The van der Waals surface area contributed by atoms with E-state index in [0.29, 0.717) is 5.82 Å². The molecule has 0 aromatic carbocycles. The molecular formula is C9H13ClN4. The van der Waals surface area contributed by atoms with Gasteiger partial charge in [-0.05, 0) is 37.8 Å². The number of aryl methyl sites for hydroxylation is 1. The minimum atomic E-state index is 0.290. The number of hydrogen-bond acceptors (Lipinski definition) is 4. The summed E-state index contributed by atoms with van der Waals surface area (Å²) >= 11 is 5.78. The van der Waals surface area contributed by atoms with Gasteiger partial charge in [-0.15, -0.1) is 0 Å². The standard InChI is InChI=1S/C9H13ClN4/c1-7-11-8(10)13-9(12-7)14-5-3-2-4-6-14/h2-6H2,1H3. The van der Waals surface area contributed by atoms with Crippen LogP contribution in [-0.4, -0.2) is 28.0 Å². The second kappa shape index (κ2) is 4.09. The first-order chi connectivity index (χ1) is 6.75. The predicted molar refractivity (Wildman–Crippen MR) is 55.6 cm³/mol. The molecule has 0 amide bonds. The SMILES string of the molecule is Cc1nc(Cl)nc(N2CCCCC2)n1. The number of rotatable bonds is 1. The van der Waals surface area contributed by atoms with Gasteiger partial charge >= 0.3 is 0 Å². The molecular weight excluding hydrogens is 200 g/mol. The number of anilines is 1. The van der Waals surface area contributed by atoms with E-state index in [-0.39, 0.29) is 5.28 Å². The third-order valence-corrected chi connectivity index (χ3v) is 2.52. The summed E-state index contributed by atoms with van der Waals surface area (Å²) in [5, 5.41) is 0.290. The van der Waals surface area contributed by atoms with Crippen molar-refractivity contribution in [2.24, 2.45) is 0 Å². The van der Waals surface area contributed by atoms with E-state index < -0.39 is 0 Å². The fourth-order valence-electron chi connectivity index (χ4n) is 1.67. The zero-order chi connectivity index (χ0) is 9.97. The predicted octanol–water partition coefficient (Wildman–Crippen LogP) is 1.82. The number of aromatic nitrogens is 3. The Hall–Kier alpha value is -0.900. The molecule has 2 rings (SSSR count). The van der Waals surface area contributed by atoms with Gasteiger partial charge in [-0.2, -0.15) is 9.97 Å². The Morgan fingerprint density at radius 1 is 1.07 bits per heavy atom. The van der Waals surface area contributed by atoms with Gasteiger partial charge in [0.05, 0.1) is 0 Å². The molecule has 0 atom stereocenters. The molecule has 76 valence electrons. The van der Waals surface area contributed by atoms with E-state index in [2.05, 4.69) is 19.9 Å². The lowest BCUT2D eigenvalue weighted by molar-refractivity contribution is 0.566. The van der Waals surface area contributed by atoms with Gasteiger partial charge < -0.3 is 4.90 Å². The van der Waals surface area contributed by atoms with Crippen LogP contribution in [0.4, 0.5) is 5.95 Å². The molecule has 1 aliphatic heterocycles. The van der Waals surface area contributed by atoms with E-state index in [0.717, 1.165) is 19.0 Å². The summed E-state index contributed by atoms with van der Waals surface area (Å²) in [4.78, 5) is 14.5. The Kier molecular flexibility index (Phi) is 2.82. The molecule has 14 heavy (non-hydrogen) atoms. The molecule has 0 unspecified atom stereocenters. The van der Waals surface area contributed by atoms with Gasteiger partial charge in [0.25, 0.3) is 0 Å². The lowest BCUT2D eigenvalue weighted by atomic mass is 10.1. The summed E-state index contributed by atoms with van der Waals surface area (Å²) in [5.74, 6) is 1.41. The Bertz CT molecular complexity index is 302. The second-order valence-corrected chi connectivity index (χ2v) is 3.84. The van der Waals surface area contributed by atoms with Gasteiger partial charge in [0.2, 0.25) is 11.2 Å². The monoisotopic (exact) mass is 212 g/mol. The highest BCUT2D eigenvalue weighted by molar-refractivity contribution is 6.28. The largest absolute Gasteiger partial charge is 0.341 e. The van der Waals surface area contributed by atoms with Crippen molar-refractivity contribution >= 4 is 17.5 Å². The fraction of sp³-hybridized carbons (Fsp3) is 0.667. The highest BCUT2D eigenvalue weighted by atomic mass is 35.5. The zero-order valence-corrected chi connectivity index (χ0v) is 8.96. The van der Waals surface area contributed by atoms with E-state index in [1.165, 1.54) is 19.3 Å². The molecule has 1 saturated heterocycles. The molecule has 0 radical (unpaired) electrons. The first kappa shape index (κ1) is 9.65. The van der Waals surface area contributed by atoms with Crippen molar-refractivity contribution in [2.75, 3.05) is 18.0 Å². The van der Waals surface area contributed by atoms with Crippen LogP contribution in [-0.2, 0) is 0 Å². The van der Waals surface area contributed by atoms with Crippen LogP contribution in [0.25, 0.3) is 0 Å². The summed E-state index contributed by atoms with van der Waals surface area (Å²) in [6, 6.07) is 0. The van der Waals surface area contributed by atoms with Crippen LogP contribution in [0.15, 0.2) is 0 Å². The molecule has 5 heteroatoms. The summed E-state index contributed by atoms with van der Waals surface area (Å²) in [7, 11) is 0. The second-order valence-electron chi connectivity index (χ2n) is 3.50. The molecule has 2 heterocycles.